The Morgan fingerprint density at radius 3 is 2.74 bits per heavy atom. The average Bonchev–Trinajstić information content (AvgIpc) is 3.16. The van der Waals surface area contributed by atoms with Crippen molar-refractivity contribution in [2.24, 2.45) is 0 Å². The average molecular weight is 450 g/mol. The molecule has 0 radical (unpaired) electrons. The number of hydrogen-bond acceptors (Lipinski definition) is 5. The molecule has 2 amide bonds. The molecule has 0 atom stereocenters. The molecular formula is C21H22F3N5OS. The third kappa shape index (κ3) is 4.43. The van der Waals surface area contributed by atoms with Gasteiger partial charge in [-0.1, -0.05) is 0 Å². The summed E-state index contributed by atoms with van der Waals surface area (Å²) in [5.74, 6) is 0.591. The Hall–Kier alpha value is -2.88. The van der Waals surface area contributed by atoms with Crippen molar-refractivity contribution in [3.05, 3.63) is 40.8 Å². The highest BCUT2D eigenvalue weighted by atomic mass is 32.1. The van der Waals surface area contributed by atoms with Gasteiger partial charge in [0.15, 0.2) is 0 Å². The second kappa shape index (κ2) is 8.70. The van der Waals surface area contributed by atoms with Crippen LogP contribution in [-0.4, -0.2) is 53.6 Å². The van der Waals surface area contributed by atoms with E-state index in [1.54, 1.807) is 11.1 Å². The van der Waals surface area contributed by atoms with Crippen molar-refractivity contribution in [2.45, 2.75) is 19.5 Å². The molecule has 164 valence electrons. The summed E-state index contributed by atoms with van der Waals surface area (Å²) in [5, 5.41) is 7.12. The van der Waals surface area contributed by atoms with Gasteiger partial charge in [-0.3, -0.25) is 0 Å². The fourth-order valence-electron chi connectivity index (χ4n) is 3.74. The Kier molecular flexibility index (Phi) is 5.99. The number of nitrogens with zero attached hydrogens (tertiary/aromatic N) is 4. The number of rotatable bonds is 3. The number of pyridine rings is 2. The number of nitrogens with one attached hydrogen (secondary N) is 1. The van der Waals surface area contributed by atoms with E-state index in [9.17, 15) is 18.0 Å². The van der Waals surface area contributed by atoms with Gasteiger partial charge < -0.3 is 15.1 Å². The summed E-state index contributed by atoms with van der Waals surface area (Å²) in [6.07, 6.45) is -2.20. The zero-order chi connectivity index (χ0) is 22.0. The van der Waals surface area contributed by atoms with Crippen molar-refractivity contribution >= 4 is 34.1 Å². The maximum Gasteiger partial charge on any atom is 0.433 e. The predicted molar refractivity (Wildman–Crippen MR) is 115 cm³/mol. The van der Waals surface area contributed by atoms with E-state index >= 15 is 0 Å². The summed E-state index contributed by atoms with van der Waals surface area (Å²) in [6.45, 7) is 4.74. The molecule has 3 aromatic rings. The number of aromatic nitrogens is 2. The minimum absolute atomic E-state index is 0.105. The SMILES string of the molecule is CCNC(=O)N1CCCN(c2ncc(-c3ccsc3)c3nc(C(F)(F)F)ccc23)CC1. The highest BCUT2D eigenvalue weighted by Crippen LogP contribution is 2.36. The van der Waals surface area contributed by atoms with E-state index in [4.69, 9.17) is 0 Å². The molecule has 31 heavy (non-hydrogen) atoms. The summed E-state index contributed by atoms with van der Waals surface area (Å²) >= 11 is 1.46. The van der Waals surface area contributed by atoms with E-state index in [2.05, 4.69) is 15.3 Å². The number of anilines is 1. The third-order valence-electron chi connectivity index (χ3n) is 5.24. The number of amides is 2. The van der Waals surface area contributed by atoms with Gasteiger partial charge in [0, 0.05) is 49.9 Å². The van der Waals surface area contributed by atoms with Gasteiger partial charge in [0.1, 0.15) is 11.5 Å². The van der Waals surface area contributed by atoms with E-state index < -0.39 is 11.9 Å². The Balaban J connectivity index is 1.74. The lowest BCUT2D eigenvalue weighted by atomic mass is 10.1. The standard InChI is InChI=1S/C21H22F3N5OS/c1-2-25-20(30)29-8-3-7-28(9-10-29)19-15-4-5-17(21(22,23)24)27-18(15)16(12-26-19)14-6-11-31-13-14/h4-6,11-13H,2-3,7-10H2,1H3,(H,25,30). The molecule has 4 rings (SSSR count). The highest BCUT2D eigenvalue weighted by molar-refractivity contribution is 7.08. The van der Waals surface area contributed by atoms with Crippen LogP contribution in [0.1, 0.15) is 19.0 Å². The normalized spacial score (nSPS) is 15.2. The number of alkyl halides is 3. The van der Waals surface area contributed by atoms with E-state index in [0.29, 0.717) is 49.5 Å². The second-order valence-corrected chi connectivity index (χ2v) is 8.04. The first-order chi connectivity index (χ1) is 14.9. The fourth-order valence-corrected chi connectivity index (χ4v) is 4.39. The molecule has 0 aromatic carbocycles. The minimum atomic E-state index is -4.53. The molecule has 3 aromatic heterocycles. The van der Waals surface area contributed by atoms with Crippen LogP contribution < -0.4 is 10.2 Å². The first-order valence-electron chi connectivity index (χ1n) is 10.1. The van der Waals surface area contributed by atoms with Crippen molar-refractivity contribution < 1.29 is 18.0 Å². The summed E-state index contributed by atoms with van der Waals surface area (Å²) in [5.41, 5.74) is 0.721. The summed E-state index contributed by atoms with van der Waals surface area (Å²) in [7, 11) is 0. The monoisotopic (exact) mass is 449 g/mol. The Morgan fingerprint density at radius 2 is 2.03 bits per heavy atom. The molecule has 4 heterocycles. The highest BCUT2D eigenvalue weighted by Gasteiger charge is 2.33. The lowest BCUT2D eigenvalue weighted by Gasteiger charge is -2.24. The quantitative estimate of drug-likeness (QED) is 0.634. The van der Waals surface area contributed by atoms with Gasteiger partial charge in [-0.25, -0.2) is 14.8 Å². The lowest BCUT2D eigenvalue weighted by molar-refractivity contribution is -0.140. The van der Waals surface area contributed by atoms with Crippen molar-refractivity contribution in [1.82, 2.24) is 20.2 Å². The number of carbonyl (C=O) groups is 1. The topological polar surface area (TPSA) is 61.4 Å². The van der Waals surface area contributed by atoms with Gasteiger partial charge in [-0.15, -0.1) is 0 Å². The second-order valence-electron chi connectivity index (χ2n) is 7.26. The molecular weight excluding hydrogens is 427 g/mol. The van der Waals surface area contributed by atoms with Crippen LogP contribution in [0, 0.1) is 0 Å². The molecule has 1 fully saturated rings. The third-order valence-corrected chi connectivity index (χ3v) is 5.92. The Morgan fingerprint density at radius 1 is 1.19 bits per heavy atom. The van der Waals surface area contributed by atoms with Crippen molar-refractivity contribution in [2.75, 3.05) is 37.6 Å². The van der Waals surface area contributed by atoms with Crippen molar-refractivity contribution in [3.8, 4) is 11.1 Å². The molecule has 1 N–H and O–H groups in total. The van der Waals surface area contributed by atoms with Gasteiger partial charge in [-0.2, -0.15) is 24.5 Å². The van der Waals surface area contributed by atoms with Gasteiger partial charge >= 0.3 is 12.2 Å². The molecule has 0 aliphatic carbocycles. The van der Waals surface area contributed by atoms with Crippen LogP contribution in [0.2, 0.25) is 0 Å². The molecule has 0 saturated carbocycles. The van der Waals surface area contributed by atoms with E-state index in [1.807, 2.05) is 28.7 Å². The van der Waals surface area contributed by atoms with Crippen LogP contribution in [0.25, 0.3) is 22.0 Å². The van der Waals surface area contributed by atoms with Crippen molar-refractivity contribution in [1.29, 1.82) is 0 Å². The van der Waals surface area contributed by atoms with Crippen LogP contribution in [0.4, 0.5) is 23.8 Å². The number of carbonyl (C=O) groups excluding carboxylic acids is 1. The summed E-state index contributed by atoms with van der Waals surface area (Å²) in [6, 6.07) is 4.20. The first-order valence-corrected chi connectivity index (χ1v) is 11.0. The van der Waals surface area contributed by atoms with E-state index in [1.165, 1.54) is 17.4 Å². The van der Waals surface area contributed by atoms with Crippen LogP contribution in [0.3, 0.4) is 0 Å². The molecule has 0 bridgehead atoms. The molecule has 6 nitrogen and oxygen atoms in total. The van der Waals surface area contributed by atoms with Crippen LogP contribution in [0.5, 0.6) is 0 Å². The first kappa shape index (κ1) is 21.4. The zero-order valence-corrected chi connectivity index (χ0v) is 17.8. The number of fused-ring (bicyclic) bond motifs is 1. The number of thiophene rings is 1. The fraction of sp³-hybridized carbons (Fsp3) is 0.381. The zero-order valence-electron chi connectivity index (χ0n) is 16.9. The van der Waals surface area contributed by atoms with E-state index in [-0.39, 0.29) is 11.5 Å². The smallest absolute Gasteiger partial charge is 0.354 e. The van der Waals surface area contributed by atoms with Gasteiger partial charge in [0.05, 0.1) is 5.52 Å². The maximum atomic E-state index is 13.4. The number of halogens is 3. The molecule has 0 spiro atoms. The summed E-state index contributed by atoms with van der Waals surface area (Å²) in [4.78, 5) is 24.6. The number of hydrogen-bond donors (Lipinski definition) is 1. The van der Waals surface area contributed by atoms with Gasteiger partial charge in [0.25, 0.3) is 0 Å². The predicted octanol–water partition coefficient (Wildman–Crippen LogP) is 4.62. The molecule has 1 saturated heterocycles. The van der Waals surface area contributed by atoms with Gasteiger partial charge in [0.2, 0.25) is 0 Å². The van der Waals surface area contributed by atoms with Crippen molar-refractivity contribution in [3.63, 3.8) is 0 Å². The van der Waals surface area contributed by atoms with Crippen LogP contribution in [-0.2, 0) is 6.18 Å². The molecule has 1 aliphatic heterocycles. The van der Waals surface area contributed by atoms with Gasteiger partial charge in [-0.05, 0) is 47.9 Å². The molecule has 1 aliphatic rings. The minimum Gasteiger partial charge on any atom is -0.354 e. The Labute approximate surface area is 181 Å². The summed E-state index contributed by atoms with van der Waals surface area (Å²) < 4.78 is 40.1. The molecule has 10 heteroatoms. The van der Waals surface area contributed by atoms with Crippen LogP contribution in [0.15, 0.2) is 35.2 Å². The molecule has 0 unspecified atom stereocenters. The Bertz CT molecular complexity index is 1070. The largest absolute Gasteiger partial charge is 0.433 e. The lowest BCUT2D eigenvalue weighted by Crippen LogP contribution is -2.42. The maximum absolute atomic E-state index is 13.4. The number of urea groups is 1. The van der Waals surface area contributed by atoms with E-state index in [0.717, 1.165) is 18.1 Å². The van der Waals surface area contributed by atoms with Crippen LogP contribution >= 0.6 is 11.3 Å².